The number of carbonyl (C=O) groups excluding carboxylic acids is 1. The van der Waals surface area contributed by atoms with Crippen molar-refractivity contribution in [1.29, 1.82) is 0 Å². The van der Waals surface area contributed by atoms with E-state index in [0.717, 1.165) is 16.8 Å². The van der Waals surface area contributed by atoms with Gasteiger partial charge in [0, 0.05) is 5.70 Å². The van der Waals surface area contributed by atoms with E-state index in [0.29, 0.717) is 29.6 Å². The van der Waals surface area contributed by atoms with Crippen LogP contribution in [0.15, 0.2) is 66.1 Å². The molecule has 0 fully saturated rings. The molecule has 1 atom stereocenters. The van der Waals surface area contributed by atoms with E-state index >= 15 is 0 Å². The number of nitrogens with zero attached hydrogens (tertiary/aromatic N) is 3. The van der Waals surface area contributed by atoms with Crippen molar-refractivity contribution in [2.45, 2.75) is 26.8 Å². The number of benzene rings is 2. The highest BCUT2D eigenvalue weighted by molar-refractivity contribution is 6.06. The molecule has 148 valence electrons. The Kier molecular flexibility index (Phi) is 5.03. The van der Waals surface area contributed by atoms with Gasteiger partial charge in [-0.2, -0.15) is 10.1 Å². The van der Waals surface area contributed by atoms with Crippen LogP contribution in [0.1, 0.15) is 31.0 Å². The molecule has 3 aromatic rings. The van der Waals surface area contributed by atoms with Crippen molar-refractivity contribution in [2.75, 3.05) is 17.2 Å². The Bertz CT molecular complexity index is 1070. The molecule has 0 aliphatic carbocycles. The van der Waals surface area contributed by atoms with Gasteiger partial charge >= 0.3 is 0 Å². The van der Waals surface area contributed by atoms with Crippen LogP contribution in [0.3, 0.4) is 0 Å². The number of allylic oxidation sites excluding steroid dienone is 1. The molecule has 1 aliphatic rings. The van der Waals surface area contributed by atoms with E-state index in [9.17, 15) is 4.79 Å². The van der Waals surface area contributed by atoms with E-state index in [2.05, 4.69) is 20.7 Å². The molecular weight excluding hydrogens is 366 g/mol. The molecule has 0 spiro atoms. The summed E-state index contributed by atoms with van der Waals surface area (Å²) in [7, 11) is 0. The maximum Gasteiger partial charge on any atom is 0.255 e. The van der Waals surface area contributed by atoms with Crippen LogP contribution < -0.4 is 15.4 Å². The minimum absolute atomic E-state index is 0.214. The first kappa shape index (κ1) is 18.7. The molecule has 0 saturated carbocycles. The number of rotatable bonds is 5. The van der Waals surface area contributed by atoms with Gasteiger partial charge in [-0.3, -0.25) is 4.79 Å². The first-order valence-electron chi connectivity index (χ1n) is 9.55. The maximum atomic E-state index is 13.4. The van der Waals surface area contributed by atoms with Crippen LogP contribution in [0.4, 0.5) is 11.6 Å². The number of aryl methyl sites for hydroxylation is 1. The number of amides is 1. The Morgan fingerprint density at radius 3 is 2.69 bits per heavy atom. The highest BCUT2D eigenvalue weighted by Gasteiger charge is 2.33. The van der Waals surface area contributed by atoms with Crippen LogP contribution in [-0.4, -0.2) is 27.3 Å². The molecule has 2 aromatic carbocycles. The van der Waals surface area contributed by atoms with Crippen molar-refractivity contribution in [2.24, 2.45) is 0 Å². The lowest BCUT2D eigenvalue weighted by Crippen LogP contribution is -2.31. The number of hydrogen-bond donors (Lipinski definition) is 2. The van der Waals surface area contributed by atoms with Gasteiger partial charge in [-0.25, -0.2) is 4.68 Å². The van der Waals surface area contributed by atoms with Crippen molar-refractivity contribution in [1.82, 2.24) is 14.8 Å². The van der Waals surface area contributed by atoms with Crippen LogP contribution in [0.2, 0.25) is 0 Å². The van der Waals surface area contributed by atoms with E-state index in [1.807, 2.05) is 69.3 Å². The minimum Gasteiger partial charge on any atom is -0.492 e. The summed E-state index contributed by atoms with van der Waals surface area (Å²) in [6, 6.07) is 15.1. The van der Waals surface area contributed by atoms with Crippen LogP contribution >= 0.6 is 0 Å². The van der Waals surface area contributed by atoms with Crippen molar-refractivity contribution in [3.05, 3.63) is 77.3 Å². The zero-order valence-electron chi connectivity index (χ0n) is 16.6. The number of ether oxygens (including phenoxy) is 1. The highest BCUT2D eigenvalue weighted by atomic mass is 16.5. The topological polar surface area (TPSA) is 81.1 Å². The molecule has 0 radical (unpaired) electrons. The predicted molar refractivity (Wildman–Crippen MR) is 112 cm³/mol. The molecule has 7 heteroatoms. The van der Waals surface area contributed by atoms with Crippen molar-refractivity contribution in [3.63, 3.8) is 0 Å². The number of aromatic nitrogens is 3. The lowest BCUT2D eigenvalue weighted by atomic mass is 9.94. The van der Waals surface area contributed by atoms with Crippen molar-refractivity contribution < 1.29 is 9.53 Å². The molecule has 1 aliphatic heterocycles. The quantitative estimate of drug-likeness (QED) is 0.691. The van der Waals surface area contributed by atoms with Crippen molar-refractivity contribution in [3.8, 4) is 5.75 Å². The summed E-state index contributed by atoms with van der Waals surface area (Å²) in [4.78, 5) is 17.7. The van der Waals surface area contributed by atoms with E-state index in [4.69, 9.17) is 4.74 Å². The van der Waals surface area contributed by atoms with Crippen LogP contribution in [0.5, 0.6) is 5.75 Å². The Labute approximate surface area is 169 Å². The summed E-state index contributed by atoms with van der Waals surface area (Å²) in [5, 5.41) is 10.6. The average Bonchev–Trinajstić information content (AvgIpc) is 3.17. The molecule has 2 heterocycles. The van der Waals surface area contributed by atoms with E-state index < -0.39 is 0 Å². The fraction of sp³-hybridized carbons (Fsp3) is 0.227. The smallest absolute Gasteiger partial charge is 0.255 e. The number of fused-ring (bicyclic) bond motifs is 1. The van der Waals surface area contributed by atoms with Gasteiger partial charge in [-0.05, 0) is 38.5 Å². The predicted octanol–water partition coefficient (Wildman–Crippen LogP) is 3.91. The molecule has 0 saturated heterocycles. The van der Waals surface area contributed by atoms with Gasteiger partial charge in [0.2, 0.25) is 5.95 Å². The number of carbonyl (C=O) groups is 1. The largest absolute Gasteiger partial charge is 0.492 e. The SMILES string of the molecule is CCOc1ccccc1NC(=O)C1=C(C)Nc2ncnn2[C@@H]1c1ccc(C)cc1. The summed E-state index contributed by atoms with van der Waals surface area (Å²) in [6.07, 6.45) is 1.49. The van der Waals surface area contributed by atoms with Gasteiger partial charge in [-0.15, -0.1) is 0 Å². The second-order valence-corrected chi connectivity index (χ2v) is 6.89. The second-order valence-electron chi connectivity index (χ2n) is 6.89. The van der Waals surface area contributed by atoms with Gasteiger partial charge in [-0.1, -0.05) is 42.0 Å². The Balaban J connectivity index is 1.74. The third-order valence-corrected chi connectivity index (χ3v) is 4.87. The minimum atomic E-state index is -0.381. The molecule has 2 N–H and O–H groups in total. The van der Waals surface area contributed by atoms with Crippen LogP contribution in [-0.2, 0) is 4.79 Å². The second kappa shape index (κ2) is 7.79. The lowest BCUT2D eigenvalue weighted by molar-refractivity contribution is -0.113. The Morgan fingerprint density at radius 1 is 1.17 bits per heavy atom. The number of nitrogens with one attached hydrogen (secondary N) is 2. The highest BCUT2D eigenvalue weighted by Crippen LogP contribution is 2.36. The molecule has 7 nitrogen and oxygen atoms in total. The molecule has 0 unspecified atom stereocenters. The average molecular weight is 389 g/mol. The van der Waals surface area contributed by atoms with E-state index in [1.165, 1.54) is 6.33 Å². The number of hydrogen-bond acceptors (Lipinski definition) is 5. The molecule has 1 amide bonds. The van der Waals surface area contributed by atoms with E-state index in [-0.39, 0.29) is 11.9 Å². The van der Waals surface area contributed by atoms with Crippen LogP contribution in [0, 0.1) is 6.92 Å². The Morgan fingerprint density at radius 2 is 1.93 bits per heavy atom. The third kappa shape index (κ3) is 3.59. The zero-order valence-corrected chi connectivity index (χ0v) is 16.6. The first-order chi connectivity index (χ1) is 14.1. The number of anilines is 2. The summed E-state index contributed by atoms with van der Waals surface area (Å²) in [5.74, 6) is 1.03. The molecule has 0 bridgehead atoms. The third-order valence-electron chi connectivity index (χ3n) is 4.87. The van der Waals surface area contributed by atoms with Gasteiger partial charge in [0.25, 0.3) is 5.91 Å². The summed E-state index contributed by atoms with van der Waals surface area (Å²) >= 11 is 0. The summed E-state index contributed by atoms with van der Waals surface area (Å²) in [5.41, 5.74) is 4.07. The Hall–Kier alpha value is -3.61. The zero-order chi connectivity index (χ0) is 20.4. The van der Waals surface area contributed by atoms with E-state index in [1.54, 1.807) is 4.68 Å². The molecule has 1 aromatic heterocycles. The normalized spacial score (nSPS) is 15.5. The van der Waals surface area contributed by atoms with Crippen LogP contribution in [0.25, 0.3) is 0 Å². The summed E-state index contributed by atoms with van der Waals surface area (Å²) in [6.45, 7) is 6.34. The fourth-order valence-electron chi connectivity index (χ4n) is 3.48. The van der Waals surface area contributed by atoms with Gasteiger partial charge in [0.15, 0.2) is 0 Å². The molecule has 29 heavy (non-hydrogen) atoms. The maximum absolute atomic E-state index is 13.4. The fourth-order valence-corrected chi connectivity index (χ4v) is 3.48. The monoisotopic (exact) mass is 389 g/mol. The van der Waals surface area contributed by atoms with Gasteiger partial charge < -0.3 is 15.4 Å². The first-order valence-corrected chi connectivity index (χ1v) is 9.55. The van der Waals surface area contributed by atoms with Gasteiger partial charge in [0.1, 0.15) is 18.1 Å². The molecule has 4 rings (SSSR count). The standard InChI is InChI=1S/C22H23N5O2/c1-4-29-18-8-6-5-7-17(18)26-21(28)19-15(3)25-22-23-13-24-27(22)20(19)16-11-9-14(2)10-12-16/h5-13,20H,4H2,1-3H3,(H,26,28)(H,23,24,25)/t20-/m1/s1. The summed E-state index contributed by atoms with van der Waals surface area (Å²) < 4.78 is 7.38. The lowest BCUT2D eigenvalue weighted by Gasteiger charge is -2.29. The van der Waals surface area contributed by atoms with Gasteiger partial charge in [0.05, 0.1) is 17.9 Å². The number of para-hydroxylation sites is 2. The molecular formula is C22H23N5O2. The van der Waals surface area contributed by atoms with Crippen molar-refractivity contribution >= 4 is 17.5 Å².